The first-order valence-electron chi connectivity index (χ1n) is 7.09. The van der Waals surface area contributed by atoms with Crippen molar-refractivity contribution < 1.29 is 9.53 Å². The van der Waals surface area contributed by atoms with Crippen molar-refractivity contribution in [3.8, 4) is 5.75 Å². The molecule has 0 N–H and O–H groups in total. The predicted molar refractivity (Wildman–Crippen MR) is 81.3 cm³/mol. The van der Waals surface area contributed by atoms with Crippen molar-refractivity contribution in [3.63, 3.8) is 0 Å². The van der Waals surface area contributed by atoms with Gasteiger partial charge in [0, 0.05) is 12.0 Å². The zero-order chi connectivity index (χ0) is 14.2. The largest absolute Gasteiger partial charge is 0.494 e. The van der Waals surface area contributed by atoms with Gasteiger partial charge in [-0.1, -0.05) is 49.4 Å². The Hall–Kier alpha value is -2.09. The molecule has 0 bridgehead atoms. The molecule has 2 nitrogen and oxygen atoms in total. The van der Waals surface area contributed by atoms with Gasteiger partial charge in [-0.15, -0.1) is 0 Å². The molecule has 0 fully saturated rings. The minimum atomic E-state index is 0.186. The van der Waals surface area contributed by atoms with Gasteiger partial charge in [0.15, 0.2) is 5.78 Å². The monoisotopic (exact) mass is 268 g/mol. The van der Waals surface area contributed by atoms with Gasteiger partial charge in [0.25, 0.3) is 0 Å². The van der Waals surface area contributed by atoms with Crippen molar-refractivity contribution in [2.24, 2.45) is 0 Å². The zero-order valence-corrected chi connectivity index (χ0v) is 11.8. The Labute approximate surface area is 120 Å². The van der Waals surface area contributed by atoms with Crippen molar-refractivity contribution in [3.05, 3.63) is 65.7 Å². The molecule has 2 heteroatoms. The van der Waals surface area contributed by atoms with Gasteiger partial charge in [0.2, 0.25) is 0 Å². The van der Waals surface area contributed by atoms with E-state index in [-0.39, 0.29) is 5.78 Å². The Morgan fingerprint density at radius 1 is 1.05 bits per heavy atom. The van der Waals surface area contributed by atoms with Crippen molar-refractivity contribution in [1.82, 2.24) is 0 Å². The van der Waals surface area contributed by atoms with Gasteiger partial charge < -0.3 is 4.74 Å². The van der Waals surface area contributed by atoms with E-state index in [0.29, 0.717) is 6.42 Å². The first kappa shape index (κ1) is 14.3. The molecule has 20 heavy (non-hydrogen) atoms. The predicted octanol–water partition coefficient (Wildman–Crippen LogP) is 4.29. The van der Waals surface area contributed by atoms with Crippen LogP contribution in [0.1, 0.15) is 35.7 Å². The summed E-state index contributed by atoms with van der Waals surface area (Å²) in [5.74, 6) is 1.07. The first-order valence-corrected chi connectivity index (χ1v) is 7.09. The molecule has 0 aromatic heterocycles. The van der Waals surface area contributed by atoms with Crippen LogP contribution in [-0.4, -0.2) is 12.4 Å². The molecular formula is C18H20O2. The second-order valence-corrected chi connectivity index (χ2v) is 4.79. The summed E-state index contributed by atoms with van der Waals surface area (Å²) in [7, 11) is 0. The molecule has 104 valence electrons. The average molecular weight is 268 g/mol. The van der Waals surface area contributed by atoms with Gasteiger partial charge >= 0.3 is 0 Å². The van der Waals surface area contributed by atoms with Gasteiger partial charge in [-0.2, -0.15) is 0 Å². The van der Waals surface area contributed by atoms with Crippen molar-refractivity contribution in [1.29, 1.82) is 0 Å². The molecular weight excluding hydrogens is 248 g/mol. The summed E-state index contributed by atoms with van der Waals surface area (Å²) < 4.78 is 5.60. The highest BCUT2D eigenvalue weighted by Gasteiger charge is 2.05. The van der Waals surface area contributed by atoms with E-state index < -0.39 is 0 Å². The minimum Gasteiger partial charge on any atom is -0.494 e. The molecule has 0 atom stereocenters. The van der Waals surface area contributed by atoms with E-state index in [0.717, 1.165) is 36.3 Å². The van der Waals surface area contributed by atoms with Crippen LogP contribution < -0.4 is 4.74 Å². The topological polar surface area (TPSA) is 26.3 Å². The second kappa shape index (κ2) is 7.49. The smallest absolute Gasteiger partial charge is 0.163 e. The molecule has 0 aliphatic carbocycles. The maximum Gasteiger partial charge on any atom is 0.163 e. The molecule has 2 rings (SSSR count). The summed E-state index contributed by atoms with van der Waals surface area (Å²) >= 11 is 0. The number of rotatable bonds is 7. The normalized spacial score (nSPS) is 10.2. The van der Waals surface area contributed by atoms with Crippen LogP contribution in [0, 0.1) is 0 Å². The molecule has 0 spiro atoms. The number of carbonyl (C=O) groups excluding carboxylic acids is 1. The van der Waals surface area contributed by atoms with Crippen LogP contribution in [0.15, 0.2) is 54.6 Å². The number of benzene rings is 2. The fraction of sp³-hybridized carbons (Fsp3) is 0.278. The lowest BCUT2D eigenvalue weighted by atomic mass is 10.0. The zero-order valence-electron chi connectivity index (χ0n) is 11.8. The van der Waals surface area contributed by atoms with Crippen molar-refractivity contribution in [2.75, 3.05) is 6.61 Å². The molecule has 0 unspecified atom stereocenters. The Morgan fingerprint density at radius 3 is 2.60 bits per heavy atom. The third-order valence-electron chi connectivity index (χ3n) is 3.11. The minimum absolute atomic E-state index is 0.186. The summed E-state index contributed by atoms with van der Waals surface area (Å²) in [6.07, 6.45) is 2.27. The van der Waals surface area contributed by atoms with E-state index in [2.05, 4.69) is 6.92 Å². The maximum absolute atomic E-state index is 12.0. The molecule has 0 aliphatic heterocycles. The Bertz CT molecular complexity index is 546. The molecule has 0 heterocycles. The lowest BCUT2D eigenvalue weighted by molar-refractivity contribution is 0.0983. The summed E-state index contributed by atoms with van der Waals surface area (Å²) in [5, 5.41) is 0. The second-order valence-electron chi connectivity index (χ2n) is 4.79. The standard InChI is InChI=1S/C18H20O2/c1-2-13-20-17-10-6-7-15(14-17)11-12-18(19)16-8-4-3-5-9-16/h3-10,14H,2,11-13H2,1H3. The van der Waals surface area contributed by atoms with E-state index in [4.69, 9.17) is 4.74 Å². The van der Waals surface area contributed by atoms with Gasteiger partial charge in [-0.3, -0.25) is 4.79 Å². The Morgan fingerprint density at radius 2 is 1.85 bits per heavy atom. The lowest BCUT2D eigenvalue weighted by Crippen LogP contribution is -2.01. The summed E-state index contributed by atoms with van der Waals surface area (Å²) in [6.45, 7) is 2.81. The first-order chi connectivity index (χ1) is 9.79. The fourth-order valence-corrected chi connectivity index (χ4v) is 2.04. The van der Waals surface area contributed by atoms with E-state index >= 15 is 0 Å². The van der Waals surface area contributed by atoms with E-state index in [1.807, 2.05) is 54.6 Å². The van der Waals surface area contributed by atoms with Crippen LogP contribution in [0.4, 0.5) is 0 Å². The highest BCUT2D eigenvalue weighted by Crippen LogP contribution is 2.16. The number of ether oxygens (including phenoxy) is 1. The van der Waals surface area contributed by atoms with Crippen LogP contribution in [0.2, 0.25) is 0 Å². The van der Waals surface area contributed by atoms with Gasteiger partial charge in [-0.25, -0.2) is 0 Å². The lowest BCUT2D eigenvalue weighted by Gasteiger charge is -2.07. The SMILES string of the molecule is CCCOc1cccc(CCC(=O)c2ccccc2)c1. The summed E-state index contributed by atoms with van der Waals surface area (Å²) in [6, 6.07) is 17.4. The third kappa shape index (κ3) is 4.23. The van der Waals surface area contributed by atoms with Crippen LogP contribution in [0.3, 0.4) is 0 Å². The van der Waals surface area contributed by atoms with Gasteiger partial charge in [-0.05, 0) is 30.5 Å². The molecule has 0 radical (unpaired) electrons. The molecule has 0 amide bonds. The number of Topliss-reactive ketones (excluding diaryl/α,β-unsaturated/α-hetero) is 1. The molecule has 2 aromatic carbocycles. The third-order valence-corrected chi connectivity index (χ3v) is 3.11. The van der Waals surface area contributed by atoms with E-state index in [1.165, 1.54) is 0 Å². The molecule has 0 saturated heterocycles. The van der Waals surface area contributed by atoms with Gasteiger partial charge in [0.1, 0.15) is 5.75 Å². The summed E-state index contributed by atoms with van der Waals surface area (Å²) in [5.41, 5.74) is 1.92. The number of aryl methyl sites for hydroxylation is 1. The van der Waals surface area contributed by atoms with Crippen LogP contribution in [0.25, 0.3) is 0 Å². The van der Waals surface area contributed by atoms with Gasteiger partial charge in [0.05, 0.1) is 6.61 Å². The number of carbonyl (C=O) groups is 1. The van der Waals surface area contributed by atoms with Crippen LogP contribution >= 0.6 is 0 Å². The number of ketones is 1. The number of hydrogen-bond donors (Lipinski definition) is 0. The highest BCUT2D eigenvalue weighted by atomic mass is 16.5. The molecule has 0 aliphatic rings. The summed E-state index contributed by atoms with van der Waals surface area (Å²) in [4.78, 5) is 12.0. The van der Waals surface area contributed by atoms with Crippen LogP contribution in [-0.2, 0) is 6.42 Å². The van der Waals surface area contributed by atoms with Crippen LogP contribution in [0.5, 0.6) is 5.75 Å². The van der Waals surface area contributed by atoms with Crippen molar-refractivity contribution >= 4 is 5.78 Å². The highest BCUT2D eigenvalue weighted by molar-refractivity contribution is 5.96. The van der Waals surface area contributed by atoms with E-state index in [1.54, 1.807) is 0 Å². The molecule has 0 saturated carbocycles. The van der Waals surface area contributed by atoms with E-state index in [9.17, 15) is 4.79 Å². The van der Waals surface area contributed by atoms with Crippen molar-refractivity contribution in [2.45, 2.75) is 26.2 Å². The Kier molecular flexibility index (Phi) is 5.36. The maximum atomic E-state index is 12.0. The molecule has 2 aromatic rings. The fourth-order valence-electron chi connectivity index (χ4n) is 2.04. The Balaban J connectivity index is 1.92. The average Bonchev–Trinajstić information content (AvgIpc) is 2.52. The number of hydrogen-bond acceptors (Lipinski definition) is 2. The quantitative estimate of drug-likeness (QED) is 0.700.